The summed E-state index contributed by atoms with van der Waals surface area (Å²) in [6.07, 6.45) is 6.28. The molecule has 1 aromatic heterocycles. The van der Waals surface area contributed by atoms with Gasteiger partial charge in [0.05, 0.1) is 23.5 Å². The predicted molar refractivity (Wildman–Crippen MR) is 104 cm³/mol. The zero-order chi connectivity index (χ0) is 19.8. The van der Waals surface area contributed by atoms with Crippen molar-refractivity contribution in [1.82, 2.24) is 4.57 Å². The van der Waals surface area contributed by atoms with E-state index in [-0.39, 0.29) is 17.0 Å². The minimum atomic E-state index is -1.32. The molecule has 1 aromatic carbocycles. The Kier molecular flexibility index (Phi) is 4.62. The minimum Gasteiger partial charge on any atom is -0.477 e. The molecule has 1 N–H and O–H groups in total. The lowest BCUT2D eigenvalue weighted by Gasteiger charge is -2.20. The van der Waals surface area contributed by atoms with Crippen LogP contribution < -0.4 is 10.3 Å². The Morgan fingerprint density at radius 1 is 1.43 bits per heavy atom. The molecule has 28 heavy (non-hydrogen) atoms. The number of pyridine rings is 1. The van der Waals surface area contributed by atoms with Crippen LogP contribution in [0.1, 0.15) is 30.1 Å². The van der Waals surface area contributed by atoms with E-state index in [9.17, 15) is 19.1 Å². The van der Waals surface area contributed by atoms with Gasteiger partial charge in [-0.15, -0.1) is 0 Å². The van der Waals surface area contributed by atoms with Crippen molar-refractivity contribution in [1.29, 1.82) is 0 Å². The lowest BCUT2D eigenvalue weighted by atomic mass is 10.1. The van der Waals surface area contributed by atoms with Gasteiger partial charge in [-0.1, -0.05) is 0 Å². The molecule has 8 heteroatoms. The largest absolute Gasteiger partial charge is 0.477 e. The van der Waals surface area contributed by atoms with Crippen molar-refractivity contribution in [2.24, 2.45) is 4.99 Å². The maximum atomic E-state index is 14.8. The second kappa shape index (κ2) is 7.10. The van der Waals surface area contributed by atoms with Gasteiger partial charge in [-0.05, 0) is 31.6 Å². The Morgan fingerprint density at radius 2 is 2.25 bits per heavy atom. The number of halogens is 1. The molecule has 2 aliphatic heterocycles. The number of rotatable bonds is 4. The van der Waals surface area contributed by atoms with Crippen LogP contribution in [-0.4, -0.2) is 40.7 Å². The number of ether oxygens (including phenoxy) is 1. The summed E-state index contributed by atoms with van der Waals surface area (Å²) in [7, 11) is 0. The predicted octanol–water partition coefficient (Wildman–Crippen LogP) is 2.77. The van der Waals surface area contributed by atoms with Gasteiger partial charge in [-0.2, -0.15) is 0 Å². The Balaban J connectivity index is 1.72. The fourth-order valence-corrected chi connectivity index (χ4v) is 3.73. The van der Waals surface area contributed by atoms with Crippen molar-refractivity contribution in [3.63, 3.8) is 0 Å². The summed E-state index contributed by atoms with van der Waals surface area (Å²) in [6, 6.07) is 2.80. The molecule has 1 unspecified atom stereocenters. The maximum absolute atomic E-state index is 14.8. The van der Waals surface area contributed by atoms with Gasteiger partial charge in [0, 0.05) is 37.6 Å². The smallest absolute Gasteiger partial charge is 0.341 e. The zero-order valence-electron chi connectivity index (χ0n) is 15.4. The first-order valence-electron chi connectivity index (χ1n) is 9.21. The molecule has 1 fully saturated rings. The number of anilines is 1. The van der Waals surface area contributed by atoms with Gasteiger partial charge in [0.25, 0.3) is 0 Å². The quantitative estimate of drug-likeness (QED) is 0.875. The number of carboxylic acid groups (broad SMARTS) is 1. The number of nitrogens with zero attached hydrogens (tertiary/aromatic N) is 3. The fraction of sp³-hybridized carbons (Fsp3) is 0.350. The molecule has 0 aliphatic carbocycles. The Morgan fingerprint density at radius 3 is 2.93 bits per heavy atom. The molecule has 7 nitrogen and oxygen atoms in total. The summed E-state index contributed by atoms with van der Waals surface area (Å²) in [5, 5.41) is 9.32. The molecule has 146 valence electrons. The Bertz CT molecular complexity index is 1060. The lowest BCUT2D eigenvalue weighted by molar-refractivity contribution is 0.0695. The van der Waals surface area contributed by atoms with Crippen LogP contribution in [0.4, 0.5) is 10.1 Å². The Hall–Kier alpha value is -3.16. The number of aromatic carboxylic acids is 1. The number of aliphatic imine (C=N–C) groups is 1. The second-order valence-electron chi connectivity index (χ2n) is 6.89. The average molecular weight is 385 g/mol. The molecule has 1 atom stereocenters. The number of hydrogen-bond acceptors (Lipinski definition) is 5. The molecular weight excluding hydrogens is 365 g/mol. The van der Waals surface area contributed by atoms with E-state index in [0.29, 0.717) is 43.2 Å². The third kappa shape index (κ3) is 3.15. The van der Waals surface area contributed by atoms with Gasteiger partial charge in [-0.3, -0.25) is 4.79 Å². The van der Waals surface area contributed by atoms with Crippen LogP contribution in [0.2, 0.25) is 0 Å². The van der Waals surface area contributed by atoms with Crippen LogP contribution in [0.5, 0.6) is 0 Å². The maximum Gasteiger partial charge on any atom is 0.341 e. The first-order chi connectivity index (χ1) is 13.5. The number of hydrogen-bond donors (Lipinski definition) is 1. The van der Waals surface area contributed by atoms with Crippen LogP contribution in [-0.2, 0) is 11.3 Å². The van der Waals surface area contributed by atoms with Crippen molar-refractivity contribution in [3.8, 4) is 0 Å². The molecule has 4 rings (SSSR count). The minimum absolute atomic E-state index is 0.0211. The topological polar surface area (TPSA) is 84.1 Å². The average Bonchev–Trinajstić information content (AvgIpc) is 3.34. The number of aromatic nitrogens is 1. The highest BCUT2D eigenvalue weighted by atomic mass is 19.1. The van der Waals surface area contributed by atoms with E-state index in [2.05, 4.69) is 4.99 Å². The summed E-state index contributed by atoms with van der Waals surface area (Å²) in [4.78, 5) is 30.3. The highest BCUT2D eigenvalue weighted by Gasteiger charge is 2.26. The molecular formula is C20H20FN3O4. The van der Waals surface area contributed by atoms with Crippen LogP contribution in [0.25, 0.3) is 10.9 Å². The molecule has 3 heterocycles. The van der Waals surface area contributed by atoms with Crippen molar-refractivity contribution in [2.45, 2.75) is 32.4 Å². The number of carbonyl (C=O) groups is 1. The number of benzene rings is 1. The van der Waals surface area contributed by atoms with Crippen LogP contribution in [0.3, 0.4) is 0 Å². The molecule has 2 aromatic rings. The van der Waals surface area contributed by atoms with Gasteiger partial charge in [0.1, 0.15) is 11.4 Å². The zero-order valence-corrected chi connectivity index (χ0v) is 15.4. The number of fused-ring (bicyclic) bond motifs is 1. The Labute approximate surface area is 160 Å². The van der Waals surface area contributed by atoms with Gasteiger partial charge >= 0.3 is 5.97 Å². The van der Waals surface area contributed by atoms with E-state index in [1.165, 1.54) is 6.20 Å². The van der Waals surface area contributed by atoms with E-state index < -0.39 is 17.2 Å². The molecule has 0 saturated carbocycles. The van der Waals surface area contributed by atoms with Gasteiger partial charge < -0.3 is 19.3 Å². The second-order valence-corrected chi connectivity index (χ2v) is 6.89. The third-order valence-corrected chi connectivity index (χ3v) is 5.14. The van der Waals surface area contributed by atoms with E-state index >= 15 is 0 Å². The summed E-state index contributed by atoms with van der Waals surface area (Å²) in [5.41, 5.74) is -0.115. The molecule has 1 saturated heterocycles. The molecule has 2 aliphatic rings. The van der Waals surface area contributed by atoms with Crippen molar-refractivity contribution in [3.05, 3.63) is 52.3 Å². The summed E-state index contributed by atoms with van der Waals surface area (Å²) >= 11 is 0. The molecule has 0 radical (unpaired) electrons. The first-order valence-corrected chi connectivity index (χ1v) is 9.21. The van der Waals surface area contributed by atoms with E-state index in [1.807, 2.05) is 17.9 Å². The van der Waals surface area contributed by atoms with Gasteiger partial charge in [-0.25, -0.2) is 14.2 Å². The van der Waals surface area contributed by atoms with E-state index in [1.54, 1.807) is 16.9 Å². The van der Waals surface area contributed by atoms with Gasteiger partial charge in [0.15, 0.2) is 5.90 Å². The van der Waals surface area contributed by atoms with Crippen LogP contribution >= 0.6 is 0 Å². The molecule has 0 spiro atoms. The fourth-order valence-electron chi connectivity index (χ4n) is 3.73. The van der Waals surface area contributed by atoms with E-state index in [0.717, 1.165) is 12.5 Å². The highest BCUT2D eigenvalue weighted by molar-refractivity contribution is 5.93. The SMILES string of the molecule is CCn1cc(C(=O)O)c(=O)c2cc(F)c(N3CCC(N=C4CC=CO4)C3)cc21. The highest BCUT2D eigenvalue weighted by Crippen LogP contribution is 2.29. The lowest BCUT2D eigenvalue weighted by Crippen LogP contribution is -2.24. The number of aryl methyl sites for hydroxylation is 1. The van der Waals surface area contributed by atoms with Crippen molar-refractivity contribution in [2.75, 3.05) is 18.0 Å². The standard InChI is InChI=1S/C20H20FN3O4/c1-2-23-11-14(20(26)27)19(25)13-8-15(21)17(9-16(13)23)24-6-5-12(10-24)22-18-4-3-7-28-18/h3,7-9,11-12H,2,4-6,10H2,1H3,(H,26,27). The third-order valence-electron chi connectivity index (χ3n) is 5.14. The normalized spacial score (nSPS) is 20.3. The number of carboxylic acids is 1. The van der Waals surface area contributed by atoms with E-state index in [4.69, 9.17) is 4.74 Å². The summed E-state index contributed by atoms with van der Waals surface area (Å²) in [5.74, 6) is -1.18. The van der Waals surface area contributed by atoms with Crippen molar-refractivity contribution < 1.29 is 19.0 Å². The molecule has 0 amide bonds. The first kappa shape index (κ1) is 18.2. The van der Waals surface area contributed by atoms with Crippen LogP contribution in [0.15, 0.2) is 40.5 Å². The van der Waals surface area contributed by atoms with Gasteiger partial charge in [0.2, 0.25) is 5.43 Å². The monoisotopic (exact) mass is 385 g/mol. The van der Waals surface area contributed by atoms with Crippen molar-refractivity contribution >= 4 is 28.5 Å². The summed E-state index contributed by atoms with van der Waals surface area (Å²) in [6.45, 7) is 3.50. The summed E-state index contributed by atoms with van der Waals surface area (Å²) < 4.78 is 21.8. The van der Waals surface area contributed by atoms with Crippen LogP contribution in [0, 0.1) is 5.82 Å². The molecule has 0 bridgehead atoms.